The molecule has 0 atom stereocenters. The van der Waals surface area contributed by atoms with E-state index >= 15 is 0 Å². The molecule has 1 N–H and O–H groups in total. The fourth-order valence-corrected chi connectivity index (χ4v) is 3.87. The van der Waals surface area contributed by atoms with Gasteiger partial charge in [-0.05, 0) is 25.2 Å². The number of nitrogens with one attached hydrogen (secondary N) is 1. The largest absolute Gasteiger partial charge is 0.872 e. The summed E-state index contributed by atoms with van der Waals surface area (Å²) in [6, 6.07) is 8.23. The van der Waals surface area contributed by atoms with Crippen LogP contribution in [0.1, 0.15) is 11.3 Å². The molecule has 0 bridgehead atoms. The molecule has 1 aliphatic heterocycles. The van der Waals surface area contributed by atoms with Crippen LogP contribution in [0.3, 0.4) is 0 Å². The van der Waals surface area contributed by atoms with E-state index in [1.54, 1.807) is 6.07 Å². The highest BCUT2D eigenvalue weighted by molar-refractivity contribution is 5.83. The summed E-state index contributed by atoms with van der Waals surface area (Å²) in [5.74, 6) is -2.71. The standard InChI is InChI=1S/C23H23F3N2O5/c1-27-8-10-28(11-9-27)13-17-18(29)7-6-16-19(30)21(22(23(24,25)26)33-20(16)17)32-15-5-3-4-14(12-15)31-2/h3-7,12,29H,8-11,13H2,1-2H3. The molecule has 0 unspecified atom stereocenters. The fraction of sp³-hybridized carbons (Fsp3) is 0.348. The number of hydrogen-bond acceptors (Lipinski definition) is 6. The molecule has 0 saturated carbocycles. The molecule has 1 fully saturated rings. The number of nitrogens with zero attached hydrogens (tertiary/aromatic N) is 1. The zero-order valence-corrected chi connectivity index (χ0v) is 18.1. The third-order valence-corrected chi connectivity index (χ3v) is 5.72. The number of methoxy groups -OCH3 is 1. The maximum absolute atomic E-state index is 13.9. The monoisotopic (exact) mass is 464 g/mol. The van der Waals surface area contributed by atoms with Crippen molar-refractivity contribution >= 4 is 11.0 Å². The van der Waals surface area contributed by atoms with E-state index in [2.05, 4.69) is 4.90 Å². The van der Waals surface area contributed by atoms with E-state index in [4.69, 9.17) is 13.9 Å². The number of alkyl halides is 3. The number of ether oxygens (including phenoxy) is 2. The van der Waals surface area contributed by atoms with Crippen LogP contribution < -0.4 is 24.9 Å². The quantitative estimate of drug-likeness (QED) is 0.623. The van der Waals surface area contributed by atoms with Gasteiger partial charge < -0.3 is 23.9 Å². The van der Waals surface area contributed by atoms with Crippen LogP contribution in [-0.4, -0.2) is 45.2 Å². The van der Waals surface area contributed by atoms with E-state index in [1.165, 1.54) is 37.4 Å². The molecule has 2 aromatic carbocycles. The topological polar surface area (TPSA) is 79.4 Å². The van der Waals surface area contributed by atoms with E-state index < -0.39 is 28.9 Å². The maximum atomic E-state index is 13.9. The Morgan fingerprint density at radius 3 is 2.52 bits per heavy atom. The summed E-state index contributed by atoms with van der Waals surface area (Å²) < 4.78 is 57.4. The number of fused-ring (bicyclic) bond motifs is 1. The summed E-state index contributed by atoms with van der Waals surface area (Å²) in [5, 5.41) is 12.4. The van der Waals surface area contributed by atoms with Gasteiger partial charge in [0, 0.05) is 24.7 Å². The number of rotatable bonds is 5. The predicted octanol–water partition coefficient (Wildman–Crippen LogP) is 2.02. The van der Waals surface area contributed by atoms with Gasteiger partial charge in [-0.2, -0.15) is 13.2 Å². The van der Waals surface area contributed by atoms with Gasteiger partial charge in [0.25, 0.3) is 5.76 Å². The lowest BCUT2D eigenvalue weighted by Gasteiger charge is -2.30. The van der Waals surface area contributed by atoms with Crippen LogP contribution in [0.2, 0.25) is 0 Å². The van der Waals surface area contributed by atoms with Crippen molar-refractivity contribution in [3.8, 4) is 23.0 Å². The number of benzene rings is 2. The molecule has 3 aromatic rings. The molecule has 4 rings (SSSR count). The van der Waals surface area contributed by atoms with Gasteiger partial charge in [0.2, 0.25) is 11.2 Å². The minimum absolute atomic E-state index is 0.0194. The summed E-state index contributed by atoms with van der Waals surface area (Å²) in [5.41, 5.74) is -1.28. The molecule has 0 radical (unpaired) electrons. The molecule has 1 aromatic heterocycles. The van der Waals surface area contributed by atoms with Gasteiger partial charge >= 0.3 is 6.18 Å². The molecular formula is C23H23F3N2O5. The lowest BCUT2D eigenvalue weighted by atomic mass is 10.1. The molecule has 1 aliphatic rings. The van der Waals surface area contributed by atoms with E-state index in [1.807, 2.05) is 7.05 Å². The first-order valence-electron chi connectivity index (χ1n) is 10.4. The second-order valence-corrected chi connectivity index (χ2v) is 8.02. The van der Waals surface area contributed by atoms with E-state index in [0.717, 1.165) is 31.1 Å². The first-order chi connectivity index (χ1) is 15.7. The highest BCUT2D eigenvalue weighted by Crippen LogP contribution is 2.39. The second kappa shape index (κ2) is 8.95. The Kier molecular flexibility index (Phi) is 6.22. The van der Waals surface area contributed by atoms with Crippen molar-refractivity contribution in [2.24, 2.45) is 0 Å². The van der Waals surface area contributed by atoms with Gasteiger partial charge in [-0.25, -0.2) is 0 Å². The normalized spacial score (nSPS) is 15.7. The van der Waals surface area contributed by atoms with Crippen molar-refractivity contribution in [3.63, 3.8) is 0 Å². The zero-order valence-electron chi connectivity index (χ0n) is 18.1. The zero-order chi connectivity index (χ0) is 23.8. The van der Waals surface area contributed by atoms with Crippen LogP contribution in [0.15, 0.2) is 45.6 Å². The number of quaternary nitrogens is 1. The predicted molar refractivity (Wildman–Crippen MR) is 112 cm³/mol. The van der Waals surface area contributed by atoms with Crippen molar-refractivity contribution in [2.75, 3.05) is 40.3 Å². The van der Waals surface area contributed by atoms with Gasteiger partial charge in [0.1, 0.15) is 23.6 Å². The minimum Gasteiger partial charge on any atom is -0.872 e. The Morgan fingerprint density at radius 1 is 1.15 bits per heavy atom. The van der Waals surface area contributed by atoms with Crippen molar-refractivity contribution in [3.05, 3.63) is 57.9 Å². The molecule has 1 saturated heterocycles. The lowest BCUT2D eigenvalue weighted by molar-refractivity contribution is -0.918. The number of likely N-dealkylation sites (N-methyl/N-ethyl adjacent to an activating group) is 1. The van der Waals surface area contributed by atoms with Crippen LogP contribution in [0.4, 0.5) is 13.2 Å². The van der Waals surface area contributed by atoms with Crippen molar-refractivity contribution < 1.29 is 37.1 Å². The molecule has 0 spiro atoms. The summed E-state index contributed by atoms with van der Waals surface area (Å²) in [6.07, 6.45) is -5.02. The van der Waals surface area contributed by atoms with E-state index in [9.17, 15) is 23.1 Å². The average Bonchev–Trinajstić information content (AvgIpc) is 2.78. The van der Waals surface area contributed by atoms with Crippen LogP contribution in [0, 0.1) is 0 Å². The Balaban J connectivity index is 1.83. The Labute approximate surface area is 187 Å². The summed E-state index contributed by atoms with van der Waals surface area (Å²) in [6.45, 7) is 3.20. The van der Waals surface area contributed by atoms with Gasteiger partial charge in [-0.15, -0.1) is 0 Å². The first-order valence-corrected chi connectivity index (χ1v) is 10.4. The van der Waals surface area contributed by atoms with Gasteiger partial charge in [-0.1, -0.05) is 17.9 Å². The average molecular weight is 464 g/mol. The summed E-state index contributed by atoms with van der Waals surface area (Å²) >= 11 is 0. The lowest BCUT2D eigenvalue weighted by Crippen LogP contribution is -3.13. The molecule has 2 heterocycles. The van der Waals surface area contributed by atoms with E-state index in [-0.39, 0.29) is 28.8 Å². The highest BCUT2D eigenvalue weighted by Gasteiger charge is 2.41. The SMILES string of the molecule is COc1cccc(Oc2c(C(F)(F)F)oc3c(C[NH+]4CCN(C)CC4)c([O-])ccc3c2=O)c1. The van der Waals surface area contributed by atoms with Crippen LogP contribution in [-0.2, 0) is 12.7 Å². The second-order valence-electron chi connectivity index (χ2n) is 8.02. The Morgan fingerprint density at radius 2 is 1.85 bits per heavy atom. The molecule has 7 nitrogen and oxygen atoms in total. The van der Waals surface area contributed by atoms with Crippen molar-refractivity contribution in [1.29, 1.82) is 0 Å². The molecule has 10 heteroatoms. The highest BCUT2D eigenvalue weighted by atomic mass is 19.4. The van der Waals surface area contributed by atoms with Gasteiger partial charge in [-0.3, -0.25) is 9.69 Å². The minimum atomic E-state index is -5.02. The van der Waals surface area contributed by atoms with Crippen LogP contribution in [0.25, 0.3) is 11.0 Å². The number of hydrogen-bond donors (Lipinski definition) is 1. The molecule has 0 aliphatic carbocycles. The van der Waals surface area contributed by atoms with Crippen LogP contribution >= 0.6 is 0 Å². The van der Waals surface area contributed by atoms with Gasteiger partial charge in [0.05, 0.1) is 25.6 Å². The summed E-state index contributed by atoms with van der Waals surface area (Å²) in [4.78, 5) is 16.3. The molecule has 176 valence electrons. The molecular weight excluding hydrogens is 441 g/mol. The number of halogens is 3. The maximum Gasteiger partial charge on any atom is 0.453 e. The fourth-order valence-electron chi connectivity index (χ4n) is 3.87. The van der Waals surface area contributed by atoms with E-state index in [0.29, 0.717) is 5.75 Å². The molecule has 0 amide bonds. The van der Waals surface area contributed by atoms with Crippen molar-refractivity contribution in [1.82, 2.24) is 4.90 Å². The molecule has 33 heavy (non-hydrogen) atoms. The number of piperazine rings is 1. The third kappa shape index (κ3) is 4.76. The Bertz CT molecular complexity index is 1220. The van der Waals surface area contributed by atoms with Gasteiger partial charge in [0.15, 0.2) is 0 Å². The Hall–Kier alpha value is -3.24. The summed E-state index contributed by atoms with van der Waals surface area (Å²) in [7, 11) is 3.38. The van der Waals surface area contributed by atoms with Crippen molar-refractivity contribution in [2.45, 2.75) is 12.7 Å². The van der Waals surface area contributed by atoms with Crippen LogP contribution in [0.5, 0.6) is 23.0 Å². The third-order valence-electron chi connectivity index (χ3n) is 5.72. The first kappa shape index (κ1) is 22.9. The smallest absolute Gasteiger partial charge is 0.453 e.